The Morgan fingerprint density at radius 2 is 2.03 bits per heavy atom. The van der Waals surface area contributed by atoms with Gasteiger partial charge < -0.3 is 9.47 Å². The van der Waals surface area contributed by atoms with E-state index >= 15 is 0 Å². The zero-order valence-corrected chi connectivity index (χ0v) is 19.5. The van der Waals surface area contributed by atoms with Gasteiger partial charge in [0, 0.05) is 43.0 Å². The highest BCUT2D eigenvalue weighted by Gasteiger charge is 2.40. The van der Waals surface area contributed by atoms with Gasteiger partial charge in [-0.2, -0.15) is 10.4 Å². The third-order valence-corrected chi connectivity index (χ3v) is 6.84. The van der Waals surface area contributed by atoms with E-state index in [1.165, 1.54) is 0 Å². The molecule has 1 fully saturated rings. The van der Waals surface area contributed by atoms with Crippen molar-refractivity contribution < 1.29 is 4.79 Å². The van der Waals surface area contributed by atoms with Gasteiger partial charge in [0.1, 0.15) is 0 Å². The Balaban J connectivity index is 1.24. The number of aryl methyl sites for hydroxylation is 1. The minimum Gasteiger partial charge on any atom is -0.346 e. The predicted octanol–water partition coefficient (Wildman–Crippen LogP) is 4.56. The fraction of sp³-hybridized carbons (Fsp3) is 0.333. The molecule has 7 nitrogen and oxygen atoms in total. The Kier molecular flexibility index (Phi) is 5.66. The Hall–Kier alpha value is -3.92. The molecule has 0 spiro atoms. The number of H-pyrrole nitrogens is 1. The van der Waals surface area contributed by atoms with Gasteiger partial charge in [0.15, 0.2) is 0 Å². The number of carbonyl (C=O) groups excluding carboxylic acids is 1. The third kappa shape index (κ3) is 4.32. The van der Waals surface area contributed by atoms with Gasteiger partial charge in [0.05, 0.1) is 34.6 Å². The first-order valence-electron chi connectivity index (χ1n) is 11.7. The van der Waals surface area contributed by atoms with Crippen LogP contribution in [0.25, 0.3) is 22.3 Å². The van der Waals surface area contributed by atoms with E-state index in [9.17, 15) is 4.79 Å². The van der Waals surface area contributed by atoms with Crippen molar-refractivity contribution in [3.63, 3.8) is 0 Å². The van der Waals surface area contributed by atoms with E-state index in [1.807, 2.05) is 36.5 Å². The second-order valence-electron chi connectivity index (χ2n) is 9.75. The standard InChI is InChI=1S/C27H28N6O/c1-27(2)13-21(18-33(27)26(34)10-7-19-3-5-20(14-28)6-4-19)17-32-12-11-24-25(32)9-8-23(31-24)22-15-29-30-16-22/h3-6,8-9,11-12,15-16,21H,7,10,13,17-18H2,1-2H3,(H,29,30). The highest BCUT2D eigenvalue weighted by Crippen LogP contribution is 2.35. The molecule has 7 heteroatoms. The Morgan fingerprint density at radius 1 is 1.21 bits per heavy atom. The molecule has 3 aromatic heterocycles. The molecule has 1 aliphatic rings. The summed E-state index contributed by atoms with van der Waals surface area (Å²) in [7, 11) is 0. The lowest BCUT2D eigenvalue weighted by Gasteiger charge is -2.31. The average Bonchev–Trinajstić information content (AvgIpc) is 3.57. The first-order chi connectivity index (χ1) is 16.4. The summed E-state index contributed by atoms with van der Waals surface area (Å²) in [6, 6.07) is 15.8. The molecule has 34 heavy (non-hydrogen) atoms. The highest BCUT2D eigenvalue weighted by molar-refractivity contribution is 5.79. The number of hydrogen-bond acceptors (Lipinski definition) is 4. The number of hydrogen-bond donors (Lipinski definition) is 1. The van der Waals surface area contributed by atoms with Crippen LogP contribution >= 0.6 is 0 Å². The maximum absolute atomic E-state index is 13.1. The highest BCUT2D eigenvalue weighted by atomic mass is 16.2. The van der Waals surface area contributed by atoms with E-state index in [4.69, 9.17) is 10.2 Å². The molecular weight excluding hydrogens is 424 g/mol. The number of rotatable bonds is 6. The van der Waals surface area contributed by atoms with Gasteiger partial charge in [-0.15, -0.1) is 0 Å². The van der Waals surface area contributed by atoms with Crippen LogP contribution in [0.1, 0.15) is 37.8 Å². The van der Waals surface area contributed by atoms with Gasteiger partial charge in [0.25, 0.3) is 0 Å². The summed E-state index contributed by atoms with van der Waals surface area (Å²) in [5.41, 5.74) is 5.51. The molecule has 1 aromatic carbocycles. The molecule has 0 radical (unpaired) electrons. The number of nitrogens with one attached hydrogen (secondary N) is 1. The van der Waals surface area contributed by atoms with Gasteiger partial charge in [-0.1, -0.05) is 12.1 Å². The molecule has 1 aliphatic heterocycles. The summed E-state index contributed by atoms with van der Waals surface area (Å²) in [5.74, 6) is 0.582. The average molecular weight is 453 g/mol. The van der Waals surface area contributed by atoms with E-state index in [2.05, 4.69) is 57.9 Å². The summed E-state index contributed by atoms with van der Waals surface area (Å²) in [4.78, 5) is 20.0. The fourth-order valence-corrected chi connectivity index (χ4v) is 5.14. The molecule has 0 aliphatic carbocycles. The number of aromatic nitrogens is 4. The zero-order valence-electron chi connectivity index (χ0n) is 19.5. The number of amides is 1. The van der Waals surface area contributed by atoms with E-state index in [1.54, 1.807) is 6.20 Å². The van der Waals surface area contributed by atoms with Crippen LogP contribution in [0.4, 0.5) is 0 Å². The normalized spacial score (nSPS) is 17.2. The lowest BCUT2D eigenvalue weighted by molar-refractivity contribution is -0.134. The van der Waals surface area contributed by atoms with Crippen LogP contribution in [0.5, 0.6) is 0 Å². The van der Waals surface area contributed by atoms with E-state index < -0.39 is 0 Å². The first-order valence-corrected chi connectivity index (χ1v) is 11.7. The summed E-state index contributed by atoms with van der Waals surface area (Å²) in [6.07, 6.45) is 7.86. The van der Waals surface area contributed by atoms with Crippen molar-refractivity contribution in [2.45, 2.75) is 45.2 Å². The second kappa shape index (κ2) is 8.79. The molecule has 4 aromatic rings. The molecule has 0 saturated carbocycles. The number of fused-ring (bicyclic) bond motifs is 1. The van der Waals surface area contributed by atoms with Crippen molar-refractivity contribution in [2.24, 2.45) is 5.92 Å². The van der Waals surface area contributed by atoms with Crippen molar-refractivity contribution >= 4 is 16.9 Å². The maximum atomic E-state index is 13.1. The van der Waals surface area contributed by atoms with Gasteiger partial charge in [-0.05, 0) is 68.5 Å². The number of aromatic amines is 1. The monoisotopic (exact) mass is 452 g/mol. The van der Waals surface area contributed by atoms with Crippen LogP contribution in [0.3, 0.4) is 0 Å². The molecule has 5 rings (SSSR count). The van der Waals surface area contributed by atoms with Crippen LogP contribution in [0, 0.1) is 17.2 Å². The molecule has 1 amide bonds. The molecule has 172 valence electrons. The van der Waals surface area contributed by atoms with Crippen molar-refractivity contribution in [2.75, 3.05) is 6.54 Å². The summed E-state index contributed by atoms with van der Waals surface area (Å²) < 4.78 is 2.26. The number of likely N-dealkylation sites (tertiary alicyclic amines) is 1. The summed E-state index contributed by atoms with van der Waals surface area (Å²) >= 11 is 0. The fourth-order valence-electron chi connectivity index (χ4n) is 5.14. The van der Waals surface area contributed by atoms with Gasteiger partial charge in [0.2, 0.25) is 5.91 Å². The molecule has 1 saturated heterocycles. The number of nitriles is 1. The Labute approximate surface area is 199 Å². The second-order valence-corrected chi connectivity index (χ2v) is 9.75. The van der Waals surface area contributed by atoms with Crippen molar-refractivity contribution in [3.05, 3.63) is 72.2 Å². The van der Waals surface area contributed by atoms with Crippen molar-refractivity contribution in [1.82, 2.24) is 24.6 Å². The quantitative estimate of drug-likeness (QED) is 0.464. The predicted molar refractivity (Wildman–Crippen MR) is 131 cm³/mol. The number of nitrogens with zero attached hydrogens (tertiary/aromatic N) is 5. The lowest BCUT2D eigenvalue weighted by atomic mass is 9.96. The van der Waals surface area contributed by atoms with Crippen molar-refractivity contribution in [3.8, 4) is 17.3 Å². The maximum Gasteiger partial charge on any atom is 0.223 e. The zero-order chi connectivity index (χ0) is 23.7. The van der Waals surface area contributed by atoms with Crippen LogP contribution in [-0.4, -0.2) is 42.6 Å². The van der Waals surface area contributed by atoms with Crippen LogP contribution in [0.15, 0.2) is 61.1 Å². The largest absolute Gasteiger partial charge is 0.346 e. The first kappa shape index (κ1) is 21.9. The van der Waals surface area contributed by atoms with Gasteiger partial charge in [-0.3, -0.25) is 9.89 Å². The Bertz CT molecular complexity index is 1340. The van der Waals surface area contributed by atoms with E-state index in [0.29, 0.717) is 24.3 Å². The molecule has 1 unspecified atom stereocenters. The van der Waals surface area contributed by atoms with Crippen LogP contribution in [-0.2, 0) is 17.8 Å². The molecule has 4 heterocycles. The van der Waals surface area contributed by atoms with Crippen molar-refractivity contribution in [1.29, 1.82) is 5.26 Å². The SMILES string of the molecule is CC1(C)CC(Cn2ccc3nc(-c4cn[nH]c4)ccc32)CN1C(=O)CCc1ccc(C#N)cc1. The van der Waals surface area contributed by atoms with E-state index in [-0.39, 0.29) is 11.4 Å². The van der Waals surface area contributed by atoms with Crippen LogP contribution in [0.2, 0.25) is 0 Å². The van der Waals surface area contributed by atoms with Gasteiger partial charge in [-0.25, -0.2) is 4.98 Å². The molecule has 1 N–H and O–H groups in total. The summed E-state index contributed by atoms with van der Waals surface area (Å²) in [5, 5.41) is 15.8. The van der Waals surface area contributed by atoms with E-state index in [0.717, 1.165) is 47.4 Å². The molecule has 0 bridgehead atoms. The lowest BCUT2D eigenvalue weighted by Crippen LogP contribution is -2.42. The topological polar surface area (TPSA) is 90.6 Å². The third-order valence-electron chi connectivity index (χ3n) is 6.84. The minimum absolute atomic E-state index is 0.165. The van der Waals surface area contributed by atoms with Gasteiger partial charge >= 0.3 is 0 Å². The summed E-state index contributed by atoms with van der Waals surface area (Å²) in [6.45, 7) is 5.96. The number of carbonyl (C=O) groups is 1. The molecular formula is C27H28N6O. The number of pyridine rings is 1. The molecule has 1 atom stereocenters. The van der Waals surface area contributed by atoms with Crippen LogP contribution < -0.4 is 0 Å². The Morgan fingerprint density at radius 3 is 2.76 bits per heavy atom. The smallest absolute Gasteiger partial charge is 0.223 e. The number of benzene rings is 1. The minimum atomic E-state index is -0.165.